The van der Waals surface area contributed by atoms with Gasteiger partial charge in [0.05, 0.1) is 7.11 Å². The minimum absolute atomic E-state index is 0.167. The normalized spacial score (nSPS) is 10.2. The molecule has 4 nitrogen and oxygen atoms in total. The van der Waals surface area contributed by atoms with Gasteiger partial charge in [0.2, 0.25) is 0 Å². The van der Waals surface area contributed by atoms with Gasteiger partial charge in [-0.25, -0.2) is 0 Å². The summed E-state index contributed by atoms with van der Waals surface area (Å²) in [6, 6.07) is 5.22. The Morgan fingerprint density at radius 1 is 1.37 bits per heavy atom. The summed E-state index contributed by atoms with van der Waals surface area (Å²) in [5, 5.41) is 2.89. The maximum atomic E-state index is 12.1. The number of unbranched alkanes of at least 4 members (excludes halogenated alkanes) is 2. The third kappa shape index (κ3) is 5.03. The van der Waals surface area contributed by atoms with Gasteiger partial charge in [-0.2, -0.15) is 11.8 Å². The molecule has 0 aliphatic carbocycles. The van der Waals surface area contributed by atoms with Gasteiger partial charge in [0, 0.05) is 12.2 Å². The van der Waals surface area contributed by atoms with Crippen molar-refractivity contribution in [1.29, 1.82) is 0 Å². The number of rotatable bonds is 8. The van der Waals surface area contributed by atoms with Crippen LogP contribution in [-0.4, -0.2) is 31.6 Å². The van der Waals surface area contributed by atoms with Gasteiger partial charge in [-0.1, -0.05) is 12.5 Å². The number of anilines is 1. The molecule has 0 atom stereocenters. The summed E-state index contributed by atoms with van der Waals surface area (Å²) in [4.78, 5) is 12.1. The van der Waals surface area contributed by atoms with Crippen LogP contribution in [0.15, 0.2) is 18.2 Å². The van der Waals surface area contributed by atoms with Crippen molar-refractivity contribution in [3.8, 4) is 5.75 Å². The Bertz CT molecular complexity index is 410. The average molecular weight is 282 g/mol. The number of methoxy groups -OCH3 is 1. The summed E-state index contributed by atoms with van der Waals surface area (Å²) in [7, 11) is 1.54. The summed E-state index contributed by atoms with van der Waals surface area (Å²) in [6.45, 7) is 0.671. The molecule has 0 bridgehead atoms. The molecule has 1 amide bonds. The zero-order valence-electron chi connectivity index (χ0n) is 11.6. The van der Waals surface area contributed by atoms with Crippen LogP contribution in [-0.2, 0) is 0 Å². The number of carbonyl (C=O) groups is 1. The number of nitrogens with one attached hydrogen (secondary N) is 1. The fourth-order valence-electron chi connectivity index (χ4n) is 1.80. The Hall–Kier alpha value is -1.36. The Morgan fingerprint density at radius 2 is 2.16 bits per heavy atom. The molecule has 1 rings (SSSR count). The fourth-order valence-corrected chi connectivity index (χ4v) is 2.29. The lowest BCUT2D eigenvalue weighted by molar-refractivity contribution is 0.0951. The lowest BCUT2D eigenvalue weighted by atomic mass is 10.1. The maximum Gasteiger partial charge on any atom is 0.257 e. The number of ether oxygens (including phenoxy) is 1. The van der Waals surface area contributed by atoms with Gasteiger partial charge in [-0.3, -0.25) is 4.79 Å². The quantitative estimate of drug-likeness (QED) is 0.568. The molecule has 0 spiro atoms. The zero-order chi connectivity index (χ0) is 14.1. The number of carbonyl (C=O) groups excluding carboxylic acids is 1. The minimum Gasteiger partial charge on any atom is -0.496 e. The minimum atomic E-state index is -0.167. The van der Waals surface area contributed by atoms with Crippen LogP contribution in [0.5, 0.6) is 5.75 Å². The molecular formula is C14H22N2O2S. The molecule has 0 heterocycles. The molecule has 0 aromatic heterocycles. The average Bonchev–Trinajstić information content (AvgIpc) is 2.42. The van der Waals surface area contributed by atoms with E-state index in [0.29, 0.717) is 23.5 Å². The van der Waals surface area contributed by atoms with E-state index in [1.165, 1.54) is 19.3 Å². The van der Waals surface area contributed by atoms with Crippen LogP contribution in [0.4, 0.5) is 5.69 Å². The maximum absolute atomic E-state index is 12.1. The van der Waals surface area contributed by atoms with E-state index in [1.807, 2.05) is 11.8 Å². The van der Waals surface area contributed by atoms with E-state index in [0.717, 1.165) is 12.8 Å². The summed E-state index contributed by atoms with van der Waals surface area (Å²) < 4.78 is 5.16. The van der Waals surface area contributed by atoms with Gasteiger partial charge < -0.3 is 15.8 Å². The second-order valence-corrected chi connectivity index (χ2v) is 5.22. The largest absolute Gasteiger partial charge is 0.496 e. The first-order valence-electron chi connectivity index (χ1n) is 6.40. The molecule has 106 valence electrons. The summed E-state index contributed by atoms with van der Waals surface area (Å²) in [5.41, 5.74) is 6.69. The molecule has 19 heavy (non-hydrogen) atoms. The van der Waals surface area contributed by atoms with Crippen LogP contribution in [0.25, 0.3) is 0 Å². The zero-order valence-corrected chi connectivity index (χ0v) is 12.4. The van der Waals surface area contributed by atoms with Crippen LogP contribution >= 0.6 is 11.8 Å². The van der Waals surface area contributed by atoms with Gasteiger partial charge in [0.15, 0.2) is 0 Å². The number of amides is 1. The predicted molar refractivity (Wildman–Crippen MR) is 82.0 cm³/mol. The van der Waals surface area contributed by atoms with Crippen LogP contribution in [0.3, 0.4) is 0 Å². The molecule has 0 aliphatic heterocycles. The lowest BCUT2D eigenvalue weighted by Crippen LogP contribution is -2.25. The van der Waals surface area contributed by atoms with Crippen molar-refractivity contribution >= 4 is 23.4 Å². The third-order valence-corrected chi connectivity index (χ3v) is 3.51. The van der Waals surface area contributed by atoms with Crippen LogP contribution in [0.1, 0.15) is 29.6 Å². The Morgan fingerprint density at radius 3 is 2.84 bits per heavy atom. The molecule has 0 fully saturated rings. The number of nitrogen functional groups attached to an aromatic ring is 1. The second-order valence-electron chi connectivity index (χ2n) is 4.23. The number of hydrogen-bond acceptors (Lipinski definition) is 4. The summed E-state index contributed by atoms with van der Waals surface area (Å²) in [5.74, 6) is 1.52. The van der Waals surface area contributed by atoms with Gasteiger partial charge in [-0.05, 0) is 37.0 Å². The molecule has 1 aromatic rings. The van der Waals surface area contributed by atoms with Crippen molar-refractivity contribution in [3.63, 3.8) is 0 Å². The van der Waals surface area contributed by atoms with Crippen molar-refractivity contribution in [2.75, 3.05) is 31.4 Å². The van der Waals surface area contributed by atoms with Crippen molar-refractivity contribution in [1.82, 2.24) is 5.32 Å². The molecule has 0 radical (unpaired) electrons. The van der Waals surface area contributed by atoms with Gasteiger partial charge in [0.25, 0.3) is 5.91 Å². The smallest absolute Gasteiger partial charge is 0.257 e. The Labute approximate surface area is 119 Å². The second kappa shape index (κ2) is 8.69. The van der Waals surface area contributed by atoms with E-state index < -0.39 is 0 Å². The first-order chi connectivity index (χ1) is 9.20. The van der Waals surface area contributed by atoms with Crippen molar-refractivity contribution < 1.29 is 9.53 Å². The number of hydrogen-bond donors (Lipinski definition) is 2. The standard InChI is InChI=1S/C14H22N2O2S/c1-18-12-8-6-7-11(15)13(12)14(17)16-9-4-3-5-10-19-2/h6-8H,3-5,9-10,15H2,1-2H3,(H,16,17). The highest BCUT2D eigenvalue weighted by Gasteiger charge is 2.14. The van der Waals surface area contributed by atoms with E-state index in [-0.39, 0.29) is 5.91 Å². The van der Waals surface area contributed by atoms with Crippen LogP contribution < -0.4 is 15.8 Å². The van der Waals surface area contributed by atoms with E-state index in [1.54, 1.807) is 18.2 Å². The van der Waals surface area contributed by atoms with E-state index >= 15 is 0 Å². The molecule has 0 saturated carbocycles. The van der Waals surface area contributed by atoms with Crippen LogP contribution in [0.2, 0.25) is 0 Å². The van der Waals surface area contributed by atoms with Gasteiger partial charge >= 0.3 is 0 Å². The SMILES string of the molecule is COc1cccc(N)c1C(=O)NCCCCCSC. The molecule has 5 heteroatoms. The Balaban J connectivity index is 2.45. The monoisotopic (exact) mass is 282 g/mol. The highest BCUT2D eigenvalue weighted by atomic mass is 32.2. The van der Waals surface area contributed by atoms with Gasteiger partial charge in [-0.15, -0.1) is 0 Å². The molecule has 0 aliphatic rings. The van der Waals surface area contributed by atoms with Crippen molar-refractivity contribution in [2.24, 2.45) is 0 Å². The highest BCUT2D eigenvalue weighted by Crippen LogP contribution is 2.23. The van der Waals surface area contributed by atoms with Crippen molar-refractivity contribution in [2.45, 2.75) is 19.3 Å². The first kappa shape index (κ1) is 15.7. The van der Waals surface area contributed by atoms with E-state index in [4.69, 9.17) is 10.5 Å². The lowest BCUT2D eigenvalue weighted by Gasteiger charge is -2.11. The predicted octanol–water partition coefficient (Wildman–Crippen LogP) is 2.54. The number of thioether (sulfide) groups is 1. The Kier molecular flexibility index (Phi) is 7.18. The summed E-state index contributed by atoms with van der Waals surface area (Å²) in [6.07, 6.45) is 5.41. The van der Waals surface area contributed by atoms with E-state index in [9.17, 15) is 4.79 Å². The first-order valence-corrected chi connectivity index (χ1v) is 7.79. The molecule has 0 unspecified atom stereocenters. The molecular weight excluding hydrogens is 260 g/mol. The van der Waals surface area contributed by atoms with Crippen LogP contribution in [0, 0.1) is 0 Å². The molecule has 0 saturated heterocycles. The summed E-state index contributed by atoms with van der Waals surface area (Å²) >= 11 is 1.85. The number of benzene rings is 1. The fraction of sp³-hybridized carbons (Fsp3) is 0.500. The number of nitrogens with two attached hydrogens (primary N) is 1. The highest BCUT2D eigenvalue weighted by molar-refractivity contribution is 7.98. The third-order valence-electron chi connectivity index (χ3n) is 2.82. The van der Waals surface area contributed by atoms with E-state index in [2.05, 4.69) is 11.6 Å². The topological polar surface area (TPSA) is 64.3 Å². The van der Waals surface area contributed by atoms with Gasteiger partial charge in [0.1, 0.15) is 11.3 Å². The van der Waals surface area contributed by atoms with Crippen molar-refractivity contribution in [3.05, 3.63) is 23.8 Å². The molecule has 1 aromatic carbocycles. The molecule has 3 N–H and O–H groups in total.